The molecule has 2 aromatic carbocycles. The predicted molar refractivity (Wildman–Crippen MR) is 104 cm³/mol. The smallest absolute Gasteiger partial charge is 0.257 e. The van der Waals surface area contributed by atoms with Gasteiger partial charge in [-0.3, -0.25) is 4.79 Å². The number of carbonyl (C=O) groups excluding carboxylic acids is 1. The maximum Gasteiger partial charge on any atom is 0.257 e. The van der Waals surface area contributed by atoms with Crippen molar-refractivity contribution in [1.29, 1.82) is 5.41 Å². The highest BCUT2D eigenvalue weighted by Gasteiger charge is 2.24. The average Bonchev–Trinajstić information content (AvgIpc) is 2.61. The third-order valence-corrected chi connectivity index (χ3v) is 4.13. The molecule has 0 heterocycles. The maximum absolute atomic E-state index is 12.4. The number of nitrogens with one attached hydrogen (secondary N) is 1. The molecule has 2 aromatic rings. The van der Waals surface area contributed by atoms with Crippen LogP contribution in [0.2, 0.25) is 5.02 Å². The predicted octanol–water partition coefficient (Wildman–Crippen LogP) is 2.77. The van der Waals surface area contributed by atoms with Crippen LogP contribution < -0.4 is 16.2 Å². The van der Waals surface area contributed by atoms with Crippen LogP contribution in [0.3, 0.4) is 0 Å². The second kappa shape index (κ2) is 9.01. The van der Waals surface area contributed by atoms with E-state index in [0.717, 1.165) is 5.56 Å². The van der Waals surface area contributed by atoms with Crippen LogP contribution in [0.5, 0.6) is 5.75 Å². The molecule has 1 unspecified atom stereocenters. The molecule has 1 amide bonds. The van der Waals surface area contributed by atoms with Gasteiger partial charge in [0.05, 0.1) is 18.7 Å². The number of benzene rings is 2. The lowest BCUT2D eigenvalue weighted by molar-refractivity contribution is -0.119. The van der Waals surface area contributed by atoms with Gasteiger partial charge >= 0.3 is 0 Å². The Bertz CT molecular complexity index is 815. The van der Waals surface area contributed by atoms with E-state index in [1.54, 1.807) is 37.4 Å². The fourth-order valence-corrected chi connectivity index (χ4v) is 2.78. The zero-order valence-corrected chi connectivity index (χ0v) is 15.2. The molecule has 0 aromatic heterocycles. The largest absolute Gasteiger partial charge is 0.497 e. The van der Waals surface area contributed by atoms with Gasteiger partial charge in [-0.2, -0.15) is 4.99 Å². The number of hydrogen-bond acceptors (Lipinski definition) is 3. The highest BCUT2D eigenvalue weighted by Crippen LogP contribution is 2.21. The van der Waals surface area contributed by atoms with Gasteiger partial charge in [0.15, 0.2) is 5.96 Å². The van der Waals surface area contributed by atoms with Crippen LogP contribution in [-0.4, -0.2) is 24.7 Å². The van der Waals surface area contributed by atoms with E-state index in [4.69, 9.17) is 33.2 Å². The van der Waals surface area contributed by atoms with E-state index in [1.165, 1.54) is 0 Å². The van der Waals surface area contributed by atoms with Crippen molar-refractivity contribution in [2.45, 2.75) is 12.8 Å². The molecule has 0 spiro atoms. The maximum atomic E-state index is 12.4. The summed E-state index contributed by atoms with van der Waals surface area (Å²) in [6.45, 7) is 0. The summed E-state index contributed by atoms with van der Waals surface area (Å²) in [5.41, 5.74) is 12.4. The van der Waals surface area contributed by atoms with E-state index < -0.39 is 11.8 Å². The number of rotatable bonds is 7. The average molecular weight is 373 g/mol. The van der Waals surface area contributed by atoms with Gasteiger partial charge in [-0.05, 0) is 60.4 Å². The first-order valence-electron chi connectivity index (χ1n) is 8.01. The Morgan fingerprint density at radius 2 is 1.92 bits per heavy atom. The molecule has 2 rings (SSSR count). The van der Waals surface area contributed by atoms with Crippen molar-refractivity contribution in [1.82, 2.24) is 0 Å². The van der Waals surface area contributed by atoms with Crippen LogP contribution in [0.4, 0.5) is 0 Å². The van der Waals surface area contributed by atoms with Gasteiger partial charge in [0.25, 0.3) is 5.91 Å². The molecule has 0 aliphatic heterocycles. The van der Waals surface area contributed by atoms with Crippen molar-refractivity contribution in [3.05, 3.63) is 64.7 Å². The topological polar surface area (TPSA) is 115 Å². The number of halogens is 1. The summed E-state index contributed by atoms with van der Waals surface area (Å²) in [6.07, 6.45) is 0.955. The molecule has 1 atom stereocenters. The van der Waals surface area contributed by atoms with E-state index in [0.29, 0.717) is 29.2 Å². The van der Waals surface area contributed by atoms with Crippen LogP contribution in [0.15, 0.2) is 53.5 Å². The Labute approximate surface area is 157 Å². The molecule has 0 aliphatic carbocycles. The Kier molecular flexibility index (Phi) is 6.74. The monoisotopic (exact) mass is 372 g/mol. The molecule has 0 bridgehead atoms. The highest BCUT2D eigenvalue weighted by molar-refractivity contribution is 6.30. The third kappa shape index (κ3) is 5.32. The van der Waals surface area contributed by atoms with Crippen LogP contribution >= 0.6 is 11.6 Å². The molecular formula is C19H21ClN4O2. The molecule has 0 radical (unpaired) electrons. The summed E-state index contributed by atoms with van der Waals surface area (Å²) in [6, 6.07) is 14.3. The highest BCUT2D eigenvalue weighted by atomic mass is 35.5. The molecule has 0 saturated carbocycles. The number of nitrogens with two attached hydrogens (primary N) is 2. The molecule has 136 valence electrons. The Hall–Kier alpha value is -2.86. The number of hydrogen-bond donors (Lipinski definition) is 3. The van der Waals surface area contributed by atoms with Crippen LogP contribution in [0, 0.1) is 11.3 Å². The van der Waals surface area contributed by atoms with E-state index in [-0.39, 0.29) is 11.7 Å². The third-order valence-electron chi connectivity index (χ3n) is 3.90. The molecular weight excluding hydrogens is 352 g/mol. The number of aliphatic imine (C=N–C) groups is 1. The fraction of sp³-hybridized carbons (Fsp3) is 0.211. The van der Waals surface area contributed by atoms with Gasteiger partial charge in [-0.25, -0.2) is 0 Å². The number of methoxy groups -OCH3 is 1. The zero-order chi connectivity index (χ0) is 19.1. The van der Waals surface area contributed by atoms with Gasteiger partial charge in [-0.15, -0.1) is 0 Å². The minimum atomic E-state index is -0.760. The Morgan fingerprint density at radius 3 is 2.50 bits per heavy atom. The summed E-state index contributed by atoms with van der Waals surface area (Å²) < 4.78 is 5.12. The first-order valence-corrected chi connectivity index (χ1v) is 8.39. The van der Waals surface area contributed by atoms with Gasteiger partial charge in [0.2, 0.25) is 0 Å². The van der Waals surface area contributed by atoms with Gasteiger partial charge in [0, 0.05) is 5.02 Å². The van der Waals surface area contributed by atoms with E-state index >= 15 is 0 Å². The summed E-state index contributed by atoms with van der Waals surface area (Å²) in [4.78, 5) is 16.1. The van der Waals surface area contributed by atoms with Crippen molar-refractivity contribution >= 4 is 29.2 Å². The lowest BCUT2D eigenvalue weighted by Gasteiger charge is -2.16. The summed E-state index contributed by atoms with van der Waals surface area (Å²) >= 11 is 6.00. The molecule has 26 heavy (non-hydrogen) atoms. The van der Waals surface area contributed by atoms with Gasteiger partial charge in [0.1, 0.15) is 5.75 Å². The van der Waals surface area contributed by atoms with Crippen molar-refractivity contribution < 1.29 is 9.53 Å². The Balaban J connectivity index is 2.23. The number of guanidine groups is 1. The molecule has 7 heteroatoms. The lowest BCUT2D eigenvalue weighted by Crippen LogP contribution is -2.29. The first-order chi connectivity index (χ1) is 12.4. The molecule has 0 aliphatic rings. The number of amides is 1. The van der Waals surface area contributed by atoms with Crippen molar-refractivity contribution in [2.24, 2.45) is 22.4 Å². The van der Waals surface area contributed by atoms with E-state index in [1.807, 2.05) is 18.2 Å². The Morgan fingerprint density at radius 1 is 1.23 bits per heavy atom. The molecule has 5 N–H and O–H groups in total. The second-order valence-corrected chi connectivity index (χ2v) is 6.17. The molecule has 0 fully saturated rings. The fourth-order valence-electron chi connectivity index (χ4n) is 2.57. The number of carbonyl (C=O) groups is 1. The SMILES string of the molecule is COc1ccc(C(=N)C(CCc2cccc(Cl)c2)C(=O)N=C(N)N)cc1. The number of nitrogens with zero attached hydrogens (tertiary/aromatic N) is 1. The van der Waals surface area contributed by atoms with Crippen LogP contribution in [0.1, 0.15) is 17.5 Å². The summed E-state index contributed by atoms with van der Waals surface area (Å²) in [5, 5.41) is 9.08. The van der Waals surface area contributed by atoms with Gasteiger partial charge < -0.3 is 21.6 Å². The standard InChI is InChI=1S/C19H21ClN4O2/c1-26-15-8-6-13(7-9-15)17(21)16(18(25)24-19(22)23)10-5-12-3-2-4-14(20)11-12/h2-4,6-9,11,16,21H,5,10H2,1H3,(H4,22,23,24,25). The first kappa shape index (κ1) is 19.5. The summed E-state index contributed by atoms with van der Waals surface area (Å²) in [5.74, 6) is -0.935. The van der Waals surface area contributed by atoms with Gasteiger partial charge in [-0.1, -0.05) is 23.7 Å². The van der Waals surface area contributed by atoms with E-state index in [9.17, 15) is 4.79 Å². The van der Waals surface area contributed by atoms with Crippen LogP contribution in [-0.2, 0) is 11.2 Å². The number of aryl methyl sites for hydroxylation is 1. The zero-order valence-electron chi connectivity index (χ0n) is 14.4. The van der Waals surface area contributed by atoms with Crippen LogP contribution in [0.25, 0.3) is 0 Å². The molecule has 6 nitrogen and oxygen atoms in total. The molecule has 0 saturated heterocycles. The quantitative estimate of drug-likeness (QED) is 0.512. The summed E-state index contributed by atoms with van der Waals surface area (Å²) in [7, 11) is 1.57. The minimum absolute atomic E-state index is 0.157. The van der Waals surface area contributed by atoms with Crippen molar-refractivity contribution in [2.75, 3.05) is 7.11 Å². The van der Waals surface area contributed by atoms with E-state index in [2.05, 4.69) is 4.99 Å². The van der Waals surface area contributed by atoms with Crippen molar-refractivity contribution in [3.63, 3.8) is 0 Å². The second-order valence-electron chi connectivity index (χ2n) is 5.74. The normalized spacial score (nSPS) is 11.5. The lowest BCUT2D eigenvalue weighted by atomic mass is 9.90. The van der Waals surface area contributed by atoms with Crippen molar-refractivity contribution in [3.8, 4) is 5.75 Å². The minimum Gasteiger partial charge on any atom is -0.497 e. The number of ether oxygens (including phenoxy) is 1.